The maximum absolute atomic E-state index is 13.6. The number of benzene rings is 2. The Morgan fingerprint density at radius 2 is 1.82 bits per heavy atom. The standard InChI is InChI=1S/C31H40N4O4/c1-31(2,3)39-30(37)35-25-11-9-21(20-34-13-7-6-8-14-34)17-22(25)18-26(35)23-10-12-27(38-16-15-33(4)5)24-19-32-29(36)28(23)24/h9-12,17-18H,6-8,13-16,19-20H2,1-5H3,(H,32,36). The van der Waals surface area contributed by atoms with Gasteiger partial charge in [0.1, 0.15) is 18.0 Å². The number of likely N-dealkylation sites (N-methyl/N-ethyl adjacent to an activating group) is 1. The predicted octanol–water partition coefficient (Wildman–Crippen LogP) is 5.26. The van der Waals surface area contributed by atoms with Crippen molar-refractivity contribution in [1.82, 2.24) is 19.7 Å². The summed E-state index contributed by atoms with van der Waals surface area (Å²) in [7, 11) is 3.99. The number of carbonyl (C=O) groups is 2. The molecule has 39 heavy (non-hydrogen) atoms. The number of hydrogen-bond acceptors (Lipinski definition) is 6. The maximum Gasteiger partial charge on any atom is 0.419 e. The van der Waals surface area contributed by atoms with Crippen molar-refractivity contribution in [3.8, 4) is 17.0 Å². The lowest BCUT2D eigenvalue weighted by Crippen LogP contribution is -2.29. The van der Waals surface area contributed by atoms with Gasteiger partial charge in [-0.25, -0.2) is 9.36 Å². The van der Waals surface area contributed by atoms with E-state index >= 15 is 0 Å². The van der Waals surface area contributed by atoms with Crippen LogP contribution in [0.25, 0.3) is 22.2 Å². The summed E-state index contributed by atoms with van der Waals surface area (Å²) in [5.41, 5.74) is 4.02. The summed E-state index contributed by atoms with van der Waals surface area (Å²) in [6.07, 6.45) is 3.32. The van der Waals surface area contributed by atoms with Gasteiger partial charge < -0.3 is 19.7 Å². The number of nitrogens with zero attached hydrogens (tertiary/aromatic N) is 3. The molecule has 0 aliphatic carbocycles. The molecule has 3 aromatic rings. The molecule has 1 amide bonds. The molecule has 208 valence electrons. The summed E-state index contributed by atoms with van der Waals surface area (Å²) in [6.45, 7) is 10.4. The molecule has 2 aromatic carbocycles. The summed E-state index contributed by atoms with van der Waals surface area (Å²) in [6, 6.07) is 12.1. The predicted molar refractivity (Wildman–Crippen MR) is 153 cm³/mol. The molecule has 8 heteroatoms. The molecule has 1 saturated heterocycles. The number of ether oxygens (including phenoxy) is 2. The fraction of sp³-hybridized carbons (Fsp3) is 0.484. The highest BCUT2D eigenvalue weighted by Gasteiger charge is 2.30. The van der Waals surface area contributed by atoms with Crippen molar-refractivity contribution < 1.29 is 19.1 Å². The van der Waals surface area contributed by atoms with Gasteiger partial charge in [0.2, 0.25) is 0 Å². The van der Waals surface area contributed by atoms with E-state index < -0.39 is 11.7 Å². The zero-order valence-corrected chi connectivity index (χ0v) is 23.8. The third kappa shape index (κ3) is 5.97. The van der Waals surface area contributed by atoms with Gasteiger partial charge in [0.15, 0.2) is 0 Å². The zero-order valence-electron chi connectivity index (χ0n) is 23.8. The van der Waals surface area contributed by atoms with E-state index in [2.05, 4.69) is 27.2 Å². The Morgan fingerprint density at radius 3 is 2.54 bits per heavy atom. The molecular formula is C31H40N4O4. The first-order valence-electron chi connectivity index (χ1n) is 13.9. The summed E-state index contributed by atoms with van der Waals surface area (Å²) < 4.78 is 13.5. The molecule has 5 rings (SSSR count). The second-order valence-electron chi connectivity index (χ2n) is 11.9. The van der Waals surface area contributed by atoms with Gasteiger partial charge in [0, 0.05) is 36.1 Å². The van der Waals surface area contributed by atoms with Crippen molar-refractivity contribution in [3.63, 3.8) is 0 Å². The zero-order chi connectivity index (χ0) is 27.7. The lowest BCUT2D eigenvalue weighted by molar-refractivity contribution is 0.0547. The SMILES string of the molecule is CN(C)CCOc1ccc(-c2cc3cc(CN4CCCCC4)ccc3n2C(=O)OC(C)(C)C)c2c1CNC2=O. The quantitative estimate of drug-likeness (QED) is 0.447. The molecule has 0 atom stereocenters. The van der Waals surface area contributed by atoms with Crippen LogP contribution in [0.5, 0.6) is 5.75 Å². The lowest BCUT2D eigenvalue weighted by Gasteiger charge is -2.26. The normalized spacial score (nSPS) is 16.0. The monoisotopic (exact) mass is 532 g/mol. The first kappa shape index (κ1) is 27.2. The van der Waals surface area contributed by atoms with Crippen LogP contribution in [-0.4, -0.2) is 72.3 Å². The third-order valence-electron chi connectivity index (χ3n) is 7.29. The van der Waals surface area contributed by atoms with Crippen molar-refractivity contribution in [1.29, 1.82) is 0 Å². The van der Waals surface area contributed by atoms with Crippen molar-refractivity contribution in [3.05, 3.63) is 53.1 Å². The summed E-state index contributed by atoms with van der Waals surface area (Å²) in [5.74, 6) is 0.530. The van der Waals surface area contributed by atoms with Crippen LogP contribution in [0.3, 0.4) is 0 Å². The summed E-state index contributed by atoms with van der Waals surface area (Å²) in [5, 5.41) is 3.90. The molecule has 1 fully saturated rings. The fourth-order valence-electron chi connectivity index (χ4n) is 5.45. The number of hydrogen-bond donors (Lipinski definition) is 1. The van der Waals surface area contributed by atoms with Crippen LogP contribution >= 0.6 is 0 Å². The number of fused-ring (bicyclic) bond motifs is 2. The Hall–Kier alpha value is -3.36. The van der Waals surface area contributed by atoms with Gasteiger partial charge >= 0.3 is 6.09 Å². The van der Waals surface area contributed by atoms with Crippen molar-refractivity contribution in [2.45, 2.75) is 58.7 Å². The highest BCUT2D eigenvalue weighted by Crippen LogP contribution is 2.38. The second kappa shape index (κ2) is 11.0. The van der Waals surface area contributed by atoms with Crippen molar-refractivity contribution in [2.75, 3.05) is 40.3 Å². The minimum atomic E-state index is -0.664. The smallest absolute Gasteiger partial charge is 0.419 e. The largest absolute Gasteiger partial charge is 0.492 e. The van der Waals surface area contributed by atoms with E-state index in [1.54, 1.807) is 4.57 Å². The number of nitrogens with one attached hydrogen (secondary N) is 1. The van der Waals surface area contributed by atoms with Gasteiger partial charge in [0.25, 0.3) is 5.91 Å². The van der Waals surface area contributed by atoms with Crippen LogP contribution in [0.1, 0.15) is 61.5 Å². The van der Waals surface area contributed by atoms with E-state index in [4.69, 9.17) is 9.47 Å². The topological polar surface area (TPSA) is 76.0 Å². The van der Waals surface area contributed by atoms with E-state index in [9.17, 15) is 9.59 Å². The molecule has 1 aromatic heterocycles. The molecule has 1 N–H and O–H groups in total. The minimum absolute atomic E-state index is 0.162. The fourth-order valence-corrected chi connectivity index (χ4v) is 5.45. The van der Waals surface area contributed by atoms with Crippen LogP contribution in [0, 0.1) is 0 Å². The lowest BCUT2D eigenvalue weighted by atomic mass is 9.99. The van der Waals surface area contributed by atoms with E-state index in [0.717, 1.165) is 42.6 Å². The molecular weight excluding hydrogens is 492 g/mol. The Bertz CT molecular complexity index is 1380. The van der Waals surface area contributed by atoms with Crippen LogP contribution in [0.4, 0.5) is 4.79 Å². The molecule has 0 bridgehead atoms. The second-order valence-corrected chi connectivity index (χ2v) is 11.9. The molecule has 0 radical (unpaired) electrons. The van der Waals surface area contributed by atoms with Gasteiger partial charge in [-0.2, -0.15) is 0 Å². The third-order valence-corrected chi connectivity index (χ3v) is 7.29. The van der Waals surface area contributed by atoms with Gasteiger partial charge in [-0.15, -0.1) is 0 Å². The average molecular weight is 533 g/mol. The highest BCUT2D eigenvalue weighted by molar-refractivity contribution is 6.07. The number of carbonyl (C=O) groups excluding carboxylic acids is 2. The number of piperidine rings is 1. The first-order valence-corrected chi connectivity index (χ1v) is 13.9. The van der Waals surface area contributed by atoms with E-state index in [-0.39, 0.29) is 5.91 Å². The Morgan fingerprint density at radius 1 is 1.05 bits per heavy atom. The highest BCUT2D eigenvalue weighted by atomic mass is 16.6. The maximum atomic E-state index is 13.6. The van der Waals surface area contributed by atoms with Gasteiger partial charge in [-0.1, -0.05) is 12.5 Å². The van der Waals surface area contributed by atoms with Crippen LogP contribution in [0.15, 0.2) is 36.4 Å². The summed E-state index contributed by atoms with van der Waals surface area (Å²) >= 11 is 0. The number of likely N-dealkylation sites (tertiary alicyclic amines) is 1. The van der Waals surface area contributed by atoms with Crippen LogP contribution < -0.4 is 10.1 Å². The molecule has 0 saturated carbocycles. The number of amides is 1. The number of rotatable bonds is 7. The molecule has 0 unspecified atom stereocenters. The van der Waals surface area contributed by atoms with Gasteiger partial charge in [-0.3, -0.25) is 9.69 Å². The number of aromatic nitrogens is 1. The van der Waals surface area contributed by atoms with E-state index in [0.29, 0.717) is 35.7 Å². The molecule has 8 nitrogen and oxygen atoms in total. The Balaban J connectivity index is 1.59. The van der Waals surface area contributed by atoms with E-state index in [1.807, 2.05) is 59.1 Å². The molecule has 2 aliphatic rings. The van der Waals surface area contributed by atoms with Crippen molar-refractivity contribution in [2.24, 2.45) is 0 Å². The molecule has 0 spiro atoms. The molecule has 3 heterocycles. The Labute approximate surface area is 230 Å². The van der Waals surface area contributed by atoms with Crippen LogP contribution in [0.2, 0.25) is 0 Å². The van der Waals surface area contributed by atoms with Crippen molar-refractivity contribution >= 4 is 22.9 Å². The Kier molecular flexibility index (Phi) is 7.69. The molecule has 2 aliphatic heterocycles. The van der Waals surface area contributed by atoms with Gasteiger partial charge in [-0.05, 0) is 96.7 Å². The minimum Gasteiger partial charge on any atom is -0.492 e. The average Bonchev–Trinajstić information content (AvgIpc) is 3.44. The first-order chi connectivity index (χ1) is 18.6. The van der Waals surface area contributed by atoms with E-state index in [1.165, 1.54) is 24.8 Å². The van der Waals surface area contributed by atoms with Crippen LogP contribution in [-0.2, 0) is 17.8 Å². The van der Waals surface area contributed by atoms with Gasteiger partial charge in [0.05, 0.1) is 16.8 Å². The summed E-state index contributed by atoms with van der Waals surface area (Å²) in [4.78, 5) is 31.2.